The maximum Gasteiger partial charge on any atom is 0.221 e. The predicted octanol–water partition coefficient (Wildman–Crippen LogP) is 2.48. The molecule has 0 spiro atoms. The Morgan fingerprint density at radius 1 is 1.40 bits per heavy atom. The number of rotatable bonds is 4. The van der Waals surface area contributed by atoms with Crippen LogP contribution in [0.4, 0.5) is 0 Å². The van der Waals surface area contributed by atoms with Crippen molar-refractivity contribution in [2.24, 2.45) is 11.3 Å². The summed E-state index contributed by atoms with van der Waals surface area (Å²) in [6, 6.07) is 1.60. The molecule has 0 heterocycles. The Morgan fingerprint density at radius 2 is 1.93 bits per heavy atom. The van der Waals surface area contributed by atoms with Gasteiger partial charge in [-0.25, -0.2) is 0 Å². The van der Waals surface area contributed by atoms with Gasteiger partial charge in [0, 0.05) is 6.42 Å². The molecule has 0 saturated carbocycles. The largest absolute Gasteiger partial charge is 0.341 e. The average molecular weight is 210 g/mol. The molecule has 0 radical (unpaired) electrons. The number of nitrogens with zero attached hydrogens (tertiary/aromatic N) is 1. The van der Waals surface area contributed by atoms with E-state index in [0.717, 1.165) is 6.42 Å². The van der Waals surface area contributed by atoms with Gasteiger partial charge in [0.1, 0.15) is 6.04 Å². The van der Waals surface area contributed by atoms with Crippen molar-refractivity contribution in [1.82, 2.24) is 5.32 Å². The lowest BCUT2D eigenvalue weighted by atomic mass is 9.84. The Hall–Kier alpha value is -1.04. The Kier molecular flexibility index (Phi) is 5.35. The molecule has 0 bridgehead atoms. The summed E-state index contributed by atoms with van der Waals surface area (Å²) in [6.07, 6.45) is 1.52. The lowest BCUT2D eigenvalue weighted by Crippen LogP contribution is -2.32. The second-order valence-corrected chi connectivity index (χ2v) is 5.49. The van der Waals surface area contributed by atoms with Crippen LogP contribution in [0.5, 0.6) is 0 Å². The van der Waals surface area contributed by atoms with Gasteiger partial charge in [0.05, 0.1) is 6.07 Å². The summed E-state index contributed by atoms with van der Waals surface area (Å²) < 4.78 is 0. The normalized spacial score (nSPS) is 15.2. The summed E-state index contributed by atoms with van der Waals surface area (Å²) in [4.78, 5) is 11.4. The number of nitrogens with one attached hydrogen (secondary N) is 1. The Morgan fingerprint density at radius 3 is 2.33 bits per heavy atom. The molecule has 0 fully saturated rings. The maximum absolute atomic E-state index is 11.4. The molecule has 0 aliphatic heterocycles. The van der Waals surface area contributed by atoms with E-state index in [1.165, 1.54) is 0 Å². The van der Waals surface area contributed by atoms with Gasteiger partial charge in [-0.3, -0.25) is 4.79 Å². The van der Waals surface area contributed by atoms with Crippen molar-refractivity contribution in [3.05, 3.63) is 0 Å². The smallest absolute Gasteiger partial charge is 0.221 e. The SMILES string of the molecule is CC(CC(=O)NC(C)C#N)CC(C)(C)C. The highest BCUT2D eigenvalue weighted by atomic mass is 16.1. The molecule has 0 aliphatic carbocycles. The molecular formula is C12H22N2O. The van der Waals surface area contributed by atoms with Gasteiger partial charge in [-0.05, 0) is 24.7 Å². The fraction of sp³-hybridized carbons (Fsp3) is 0.833. The first-order valence-electron chi connectivity index (χ1n) is 5.43. The molecule has 0 aromatic carbocycles. The summed E-state index contributed by atoms with van der Waals surface area (Å²) in [7, 11) is 0. The fourth-order valence-electron chi connectivity index (χ4n) is 1.77. The average Bonchev–Trinajstić information content (AvgIpc) is 1.99. The summed E-state index contributed by atoms with van der Waals surface area (Å²) >= 11 is 0. The highest BCUT2D eigenvalue weighted by molar-refractivity contribution is 5.76. The molecule has 15 heavy (non-hydrogen) atoms. The fourth-order valence-corrected chi connectivity index (χ4v) is 1.77. The highest BCUT2D eigenvalue weighted by Gasteiger charge is 2.18. The predicted molar refractivity (Wildman–Crippen MR) is 61.1 cm³/mol. The zero-order chi connectivity index (χ0) is 12.1. The van der Waals surface area contributed by atoms with Gasteiger partial charge in [0.2, 0.25) is 5.91 Å². The van der Waals surface area contributed by atoms with Crippen LogP contribution >= 0.6 is 0 Å². The first-order chi connectivity index (χ1) is 6.74. The third-order valence-corrected chi connectivity index (χ3v) is 2.07. The molecular weight excluding hydrogens is 188 g/mol. The van der Waals surface area contributed by atoms with Gasteiger partial charge in [0.25, 0.3) is 0 Å². The number of hydrogen-bond acceptors (Lipinski definition) is 2. The number of amides is 1. The van der Waals surface area contributed by atoms with Crippen molar-refractivity contribution in [1.29, 1.82) is 5.26 Å². The summed E-state index contributed by atoms with van der Waals surface area (Å²) in [5.41, 5.74) is 0.251. The summed E-state index contributed by atoms with van der Waals surface area (Å²) in [6.45, 7) is 10.3. The van der Waals surface area contributed by atoms with Gasteiger partial charge in [0.15, 0.2) is 0 Å². The molecule has 3 nitrogen and oxygen atoms in total. The number of carbonyl (C=O) groups is 1. The number of hydrogen-bond donors (Lipinski definition) is 1. The number of carbonyl (C=O) groups excluding carboxylic acids is 1. The lowest BCUT2D eigenvalue weighted by Gasteiger charge is -2.22. The van der Waals surface area contributed by atoms with Crippen molar-refractivity contribution < 1.29 is 4.79 Å². The minimum absolute atomic E-state index is 0.0270. The van der Waals surface area contributed by atoms with Crippen LogP contribution in [0.2, 0.25) is 0 Å². The molecule has 0 aliphatic rings. The van der Waals surface area contributed by atoms with E-state index in [-0.39, 0.29) is 17.4 Å². The third-order valence-electron chi connectivity index (χ3n) is 2.07. The Bertz CT molecular complexity index is 247. The van der Waals surface area contributed by atoms with Crippen molar-refractivity contribution >= 4 is 5.91 Å². The molecule has 86 valence electrons. The first-order valence-corrected chi connectivity index (χ1v) is 5.43. The maximum atomic E-state index is 11.4. The monoisotopic (exact) mass is 210 g/mol. The van der Waals surface area contributed by atoms with E-state index in [1.807, 2.05) is 6.07 Å². The van der Waals surface area contributed by atoms with Crippen LogP contribution in [0.1, 0.15) is 47.5 Å². The van der Waals surface area contributed by atoms with Gasteiger partial charge in [-0.2, -0.15) is 5.26 Å². The van der Waals surface area contributed by atoms with E-state index >= 15 is 0 Å². The van der Waals surface area contributed by atoms with Gasteiger partial charge < -0.3 is 5.32 Å². The van der Waals surface area contributed by atoms with Crippen molar-refractivity contribution in [3.8, 4) is 6.07 Å². The minimum atomic E-state index is -0.390. The van der Waals surface area contributed by atoms with Crippen LogP contribution in [0, 0.1) is 22.7 Å². The van der Waals surface area contributed by atoms with E-state index in [1.54, 1.807) is 6.92 Å². The number of nitriles is 1. The first kappa shape index (κ1) is 14.0. The Balaban J connectivity index is 3.93. The van der Waals surface area contributed by atoms with E-state index in [9.17, 15) is 4.79 Å². The second-order valence-electron chi connectivity index (χ2n) is 5.49. The summed E-state index contributed by atoms with van der Waals surface area (Å²) in [5.74, 6) is 0.330. The zero-order valence-corrected chi connectivity index (χ0v) is 10.4. The Labute approximate surface area is 92.9 Å². The van der Waals surface area contributed by atoms with Crippen LogP contribution in [-0.2, 0) is 4.79 Å². The van der Waals surface area contributed by atoms with Crippen molar-refractivity contribution in [2.45, 2.75) is 53.5 Å². The molecule has 1 N–H and O–H groups in total. The molecule has 3 heteroatoms. The molecule has 0 saturated heterocycles. The molecule has 0 aromatic heterocycles. The molecule has 2 unspecified atom stereocenters. The van der Waals surface area contributed by atoms with E-state index in [2.05, 4.69) is 33.0 Å². The molecule has 1 amide bonds. The topological polar surface area (TPSA) is 52.9 Å². The highest BCUT2D eigenvalue weighted by Crippen LogP contribution is 2.25. The van der Waals surface area contributed by atoms with Crippen LogP contribution in [0.3, 0.4) is 0 Å². The molecule has 0 aromatic rings. The zero-order valence-electron chi connectivity index (χ0n) is 10.4. The summed E-state index contributed by atoms with van der Waals surface area (Å²) in [5, 5.41) is 11.2. The standard InChI is InChI=1S/C12H22N2O/c1-9(7-12(3,4)5)6-11(15)14-10(2)8-13/h9-10H,6-7H2,1-5H3,(H,14,15). The van der Waals surface area contributed by atoms with Gasteiger partial charge in [-0.15, -0.1) is 0 Å². The van der Waals surface area contributed by atoms with Gasteiger partial charge >= 0.3 is 0 Å². The molecule has 2 atom stereocenters. The molecule has 0 rings (SSSR count). The van der Waals surface area contributed by atoms with Crippen molar-refractivity contribution in [2.75, 3.05) is 0 Å². The second kappa shape index (κ2) is 5.75. The van der Waals surface area contributed by atoms with E-state index < -0.39 is 0 Å². The van der Waals surface area contributed by atoms with Crippen LogP contribution in [0.25, 0.3) is 0 Å². The van der Waals surface area contributed by atoms with Gasteiger partial charge in [-0.1, -0.05) is 27.7 Å². The van der Waals surface area contributed by atoms with Crippen LogP contribution < -0.4 is 5.32 Å². The van der Waals surface area contributed by atoms with Crippen LogP contribution in [0.15, 0.2) is 0 Å². The van der Waals surface area contributed by atoms with E-state index in [0.29, 0.717) is 12.3 Å². The quantitative estimate of drug-likeness (QED) is 0.775. The minimum Gasteiger partial charge on any atom is -0.341 e. The lowest BCUT2D eigenvalue weighted by molar-refractivity contribution is -0.122. The van der Waals surface area contributed by atoms with Crippen molar-refractivity contribution in [3.63, 3.8) is 0 Å². The van der Waals surface area contributed by atoms with Crippen LogP contribution in [-0.4, -0.2) is 11.9 Å². The van der Waals surface area contributed by atoms with E-state index in [4.69, 9.17) is 5.26 Å². The third kappa shape index (κ3) is 7.99.